The van der Waals surface area contributed by atoms with E-state index in [2.05, 4.69) is 29.2 Å². The molecule has 1 N–H and O–H groups in total. The second kappa shape index (κ2) is 9.60. The first-order chi connectivity index (χ1) is 16.8. The lowest BCUT2D eigenvalue weighted by Gasteiger charge is -2.36. The van der Waals surface area contributed by atoms with Crippen molar-refractivity contribution in [3.63, 3.8) is 0 Å². The van der Waals surface area contributed by atoms with Crippen LogP contribution in [0.3, 0.4) is 0 Å². The normalized spacial score (nSPS) is 25.4. The molecule has 1 aromatic carbocycles. The maximum atomic E-state index is 13.8. The lowest BCUT2D eigenvalue weighted by molar-refractivity contribution is 0.0328. The van der Waals surface area contributed by atoms with E-state index in [0.717, 1.165) is 31.1 Å². The van der Waals surface area contributed by atoms with Crippen molar-refractivity contribution in [1.82, 2.24) is 9.78 Å². The van der Waals surface area contributed by atoms with Gasteiger partial charge in [-0.05, 0) is 51.5 Å². The van der Waals surface area contributed by atoms with Crippen LogP contribution in [-0.2, 0) is 4.74 Å². The molecule has 7 nitrogen and oxygen atoms in total. The second-order valence-corrected chi connectivity index (χ2v) is 10.0. The molecule has 1 saturated heterocycles. The number of anilines is 2. The van der Waals surface area contributed by atoms with Gasteiger partial charge < -0.3 is 19.4 Å². The highest BCUT2D eigenvalue weighted by Crippen LogP contribution is 2.35. The van der Waals surface area contributed by atoms with Crippen molar-refractivity contribution in [2.45, 2.75) is 71.1 Å². The Labute approximate surface area is 203 Å². The Morgan fingerprint density at radius 2 is 1.94 bits per heavy atom. The quantitative estimate of drug-likeness (QED) is 0.466. The number of nitrogens with one attached hydrogen (secondary N) is 1. The topological polar surface area (TPSA) is 72.5 Å². The Bertz CT molecular complexity index is 1200. The van der Waals surface area contributed by atoms with Gasteiger partial charge >= 0.3 is 0 Å². The number of carbonyl (C=O) groups is 1. The van der Waals surface area contributed by atoms with E-state index in [9.17, 15) is 13.6 Å². The Balaban J connectivity index is 1.41. The first kappa shape index (κ1) is 23.8. The summed E-state index contributed by atoms with van der Waals surface area (Å²) >= 11 is 0. The number of furan rings is 1. The summed E-state index contributed by atoms with van der Waals surface area (Å²) < 4.78 is 41.0. The molecule has 2 aliphatic rings. The number of ether oxygens (including phenoxy) is 1. The van der Waals surface area contributed by atoms with Gasteiger partial charge in [-0.25, -0.2) is 8.78 Å². The number of nitrogens with zero attached hydrogens (tertiary/aromatic N) is 3. The maximum absolute atomic E-state index is 13.8. The third-order valence-electron chi connectivity index (χ3n) is 7.24. The largest absolute Gasteiger partial charge is 0.440 e. The zero-order chi connectivity index (χ0) is 24.7. The third-order valence-corrected chi connectivity index (χ3v) is 7.24. The standard InChI is InChI=1S/C26H32F2N4O3/c1-15-7-9-19(10-8-15)32-13-21(23(30-32)25(27)28)29-26(33)20-6-4-5-18-11-22(35-24(18)20)31-12-17(3)34-14-16(31)2/h4-6,11,13,15-17,19,25H,7-10,12,14H2,1-3H3,(H,29,33)/t15?,16-,17-,19?/m1/s1. The summed E-state index contributed by atoms with van der Waals surface area (Å²) in [6.45, 7) is 7.54. The molecule has 0 unspecified atom stereocenters. The zero-order valence-corrected chi connectivity index (χ0v) is 20.3. The van der Waals surface area contributed by atoms with Crippen LogP contribution >= 0.6 is 0 Å². The van der Waals surface area contributed by atoms with E-state index in [0.29, 0.717) is 36.1 Å². The summed E-state index contributed by atoms with van der Waals surface area (Å²) in [5.41, 5.74) is 0.365. The molecule has 0 spiro atoms. The van der Waals surface area contributed by atoms with Gasteiger partial charge in [0.25, 0.3) is 12.3 Å². The first-order valence-corrected chi connectivity index (χ1v) is 12.4. The summed E-state index contributed by atoms with van der Waals surface area (Å²) in [6, 6.07) is 7.40. The number of aromatic nitrogens is 2. The van der Waals surface area contributed by atoms with Crippen LogP contribution in [0.4, 0.5) is 20.4 Å². The van der Waals surface area contributed by atoms with Crippen molar-refractivity contribution in [3.05, 3.63) is 41.7 Å². The number of para-hydroxylation sites is 1. The average Bonchev–Trinajstić information content (AvgIpc) is 3.45. The summed E-state index contributed by atoms with van der Waals surface area (Å²) in [5, 5.41) is 7.61. The number of carbonyl (C=O) groups excluding carboxylic acids is 1. The minimum atomic E-state index is -2.79. The summed E-state index contributed by atoms with van der Waals surface area (Å²) in [5.74, 6) is 0.798. The summed E-state index contributed by atoms with van der Waals surface area (Å²) in [7, 11) is 0. The molecule has 35 heavy (non-hydrogen) atoms. The minimum absolute atomic E-state index is 0.0445. The number of rotatable bonds is 5. The van der Waals surface area contributed by atoms with Crippen LogP contribution in [0.2, 0.25) is 0 Å². The lowest BCUT2D eigenvalue weighted by Crippen LogP contribution is -2.47. The van der Waals surface area contributed by atoms with E-state index in [1.165, 1.54) is 0 Å². The molecule has 3 heterocycles. The molecule has 9 heteroatoms. The molecule has 3 aromatic rings. The molecular formula is C26H32F2N4O3. The SMILES string of the molecule is CC1CCC(n2cc(NC(=O)c3cccc4cc(N5C[C@@H](C)OC[C@H]5C)oc34)c(C(F)F)n2)CC1. The smallest absolute Gasteiger partial charge is 0.284 e. The van der Waals surface area contributed by atoms with Crippen LogP contribution in [0.1, 0.15) is 75.0 Å². The van der Waals surface area contributed by atoms with Crippen LogP contribution in [-0.4, -0.2) is 41.0 Å². The molecule has 0 radical (unpaired) electrons. The van der Waals surface area contributed by atoms with Crippen molar-refractivity contribution in [2.75, 3.05) is 23.4 Å². The molecular weight excluding hydrogens is 454 g/mol. The van der Waals surface area contributed by atoms with E-state index < -0.39 is 18.0 Å². The van der Waals surface area contributed by atoms with Gasteiger partial charge in [0.05, 0.1) is 36.0 Å². The fourth-order valence-corrected chi connectivity index (χ4v) is 5.13. The van der Waals surface area contributed by atoms with Crippen LogP contribution in [0.25, 0.3) is 11.0 Å². The minimum Gasteiger partial charge on any atom is -0.440 e. The van der Waals surface area contributed by atoms with E-state index in [1.807, 2.05) is 19.1 Å². The third kappa shape index (κ3) is 4.78. The first-order valence-electron chi connectivity index (χ1n) is 12.4. The number of morpholine rings is 1. The highest BCUT2D eigenvalue weighted by Gasteiger charge is 2.28. The molecule has 1 aliphatic carbocycles. The van der Waals surface area contributed by atoms with Gasteiger partial charge in [-0.3, -0.25) is 9.48 Å². The Morgan fingerprint density at radius 3 is 2.69 bits per heavy atom. The van der Waals surface area contributed by atoms with Crippen molar-refractivity contribution >= 4 is 28.4 Å². The number of halogens is 2. The Morgan fingerprint density at radius 1 is 1.17 bits per heavy atom. The zero-order valence-electron chi connectivity index (χ0n) is 20.3. The van der Waals surface area contributed by atoms with Crippen LogP contribution < -0.4 is 10.2 Å². The van der Waals surface area contributed by atoms with Gasteiger partial charge in [0, 0.05) is 24.2 Å². The number of hydrogen-bond acceptors (Lipinski definition) is 5. The van der Waals surface area contributed by atoms with Gasteiger partial charge in [0.15, 0.2) is 11.6 Å². The molecule has 188 valence electrons. The second-order valence-electron chi connectivity index (χ2n) is 10.0. The molecule has 2 fully saturated rings. The van der Waals surface area contributed by atoms with Gasteiger partial charge in [-0.1, -0.05) is 19.1 Å². The summed E-state index contributed by atoms with van der Waals surface area (Å²) in [4.78, 5) is 15.4. The number of hydrogen-bond donors (Lipinski definition) is 1. The predicted molar refractivity (Wildman–Crippen MR) is 130 cm³/mol. The van der Waals surface area contributed by atoms with Gasteiger partial charge in [0.1, 0.15) is 5.58 Å². The van der Waals surface area contributed by atoms with Gasteiger partial charge in [-0.2, -0.15) is 5.10 Å². The van der Waals surface area contributed by atoms with Crippen molar-refractivity contribution < 1.29 is 22.7 Å². The summed E-state index contributed by atoms with van der Waals surface area (Å²) in [6.07, 6.45) is 2.70. The Hall–Kier alpha value is -2.94. The molecule has 1 saturated carbocycles. The van der Waals surface area contributed by atoms with Gasteiger partial charge in [0.2, 0.25) is 0 Å². The molecule has 5 rings (SSSR count). The van der Waals surface area contributed by atoms with Crippen molar-refractivity contribution in [2.24, 2.45) is 5.92 Å². The van der Waals surface area contributed by atoms with E-state index in [4.69, 9.17) is 9.15 Å². The molecule has 1 aliphatic heterocycles. The number of fused-ring (bicyclic) bond motifs is 1. The fraction of sp³-hybridized carbons (Fsp3) is 0.538. The van der Waals surface area contributed by atoms with Crippen LogP contribution in [0.15, 0.2) is 34.9 Å². The van der Waals surface area contributed by atoms with Crippen molar-refractivity contribution in [3.8, 4) is 0 Å². The van der Waals surface area contributed by atoms with Crippen LogP contribution in [0.5, 0.6) is 0 Å². The fourth-order valence-electron chi connectivity index (χ4n) is 5.13. The number of benzene rings is 1. The van der Waals surface area contributed by atoms with Crippen molar-refractivity contribution in [1.29, 1.82) is 0 Å². The highest BCUT2D eigenvalue weighted by atomic mass is 19.3. The molecule has 1 amide bonds. The number of amides is 1. The molecule has 2 aromatic heterocycles. The molecule has 2 atom stereocenters. The molecule has 0 bridgehead atoms. The lowest BCUT2D eigenvalue weighted by atomic mass is 9.87. The van der Waals surface area contributed by atoms with E-state index in [-0.39, 0.29) is 23.9 Å². The number of alkyl halides is 2. The van der Waals surface area contributed by atoms with Crippen LogP contribution in [0, 0.1) is 5.92 Å². The highest BCUT2D eigenvalue weighted by molar-refractivity contribution is 6.12. The van der Waals surface area contributed by atoms with E-state index >= 15 is 0 Å². The van der Waals surface area contributed by atoms with E-state index in [1.54, 1.807) is 23.0 Å². The average molecular weight is 487 g/mol. The monoisotopic (exact) mass is 486 g/mol. The Kier molecular flexibility index (Phi) is 6.53. The predicted octanol–water partition coefficient (Wildman–Crippen LogP) is 6.18. The maximum Gasteiger partial charge on any atom is 0.284 e. The van der Waals surface area contributed by atoms with Gasteiger partial charge in [-0.15, -0.1) is 0 Å².